The summed E-state index contributed by atoms with van der Waals surface area (Å²) in [6.07, 6.45) is 0. The standard InChI is InChI=1S/C24H29N3O5S/c1-5-31-22-12-8-19(17(2)3)16-23(22)33(28,29)25-14-15-32-24-13-11-21(26-27-24)18-6-9-20(30-4)10-7-18/h6-13,16-17,25H,5,14-15H2,1-4H3. The van der Waals surface area contributed by atoms with Crippen molar-refractivity contribution in [2.24, 2.45) is 0 Å². The maximum atomic E-state index is 12.9. The number of nitrogens with zero attached hydrogens (tertiary/aromatic N) is 2. The fraction of sp³-hybridized carbons (Fsp3) is 0.333. The number of nitrogens with one attached hydrogen (secondary N) is 1. The summed E-state index contributed by atoms with van der Waals surface area (Å²) in [7, 11) is -2.16. The van der Waals surface area contributed by atoms with Gasteiger partial charge in [-0.05, 0) is 60.9 Å². The molecule has 0 saturated heterocycles. The Labute approximate surface area is 195 Å². The highest BCUT2D eigenvalue weighted by Crippen LogP contribution is 2.28. The first kappa shape index (κ1) is 24.5. The maximum absolute atomic E-state index is 12.9. The Balaban J connectivity index is 1.59. The number of hydrogen-bond donors (Lipinski definition) is 1. The average molecular weight is 472 g/mol. The highest BCUT2D eigenvalue weighted by Gasteiger charge is 2.21. The highest BCUT2D eigenvalue weighted by molar-refractivity contribution is 7.89. The molecule has 3 rings (SSSR count). The second-order valence-corrected chi connectivity index (χ2v) is 9.26. The first-order valence-electron chi connectivity index (χ1n) is 10.7. The third kappa shape index (κ3) is 6.43. The van der Waals surface area contributed by atoms with E-state index in [2.05, 4.69) is 14.9 Å². The lowest BCUT2D eigenvalue weighted by atomic mass is 10.0. The molecule has 1 aromatic heterocycles. The van der Waals surface area contributed by atoms with Crippen LogP contribution in [0.4, 0.5) is 0 Å². The van der Waals surface area contributed by atoms with Crippen LogP contribution in [0.2, 0.25) is 0 Å². The Bertz CT molecular complexity index is 1150. The van der Waals surface area contributed by atoms with Gasteiger partial charge in [0.05, 0.1) is 19.4 Å². The predicted molar refractivity (Wildman–Crippen MR) is 126 cm³/mol. The van der Waals surface area contributed by atoms with Crippen LogP contribution in [-0.2, 0) is 10.0 Å². The van der Waals surface area contributed by atoms with Gasteiger partial charge in [-0.25, -0.2) is 13.1 Å². The minimum absolute atomic E-state index is 0.0711. The van der Waals surface area contributed by atoms with Crippen molar-refractivity contribution < 1.29 is 22.6 Å². The molecule has 0 aliphatic carbocycles. The number of methoxy groups -OCH3 is 1. The van der Waals surface area contributed by atoms with Crippen LogP contribution >= 0.6 is 0 Å². The van der Waals surface area contributed by atoms with E-state index in [4.69, 9.17) is 14.2 Å². The summed E-state index contributed by atoms with van der Waals surface area (Å²) in [5.41, 5.74) is 2.51. The van der Waals surface area contributed by atoms with Crippen LogP contribution in [0.5, 0.6) is 17.4 Å². The number of ether oxygens (including phenoxy) is 3. The van der Waals surface area contributed by atoms with Crippen LogP contribution < -0.4 is 18.9 Å². The molecular formula is C24H29N3O5S. The minimum atomic E-state index is -3.77. The van der Waals surface area contributed by atoms with Crippen molar-refractivity contribution in [3.63, 3.8) is 0 Å². The lowest BCUT2D eigenvalue weighted by Gasteiger charge is -2.15. The summed E-state index contributed by atoms with van der Waals surface area (Å²) in [5, 5.41) is 8.23. The van der Waals surface area contributed by atoms with Gasteiger partial charge in [-0.15, -0.1) is 10.2 Å². The van der Waals surface area contributed by atoms with Gasteiger partial charge in [0.1, 0.15) is 23.0 Å². The zero-order valence-electron chi connectivity index (χ0n) is 19.2. The van der Waals surface area contributed by atoms with Crippen LogP contribution in [0.15, 0.2) is 59.5 Å². The van der Waals surface area contributed by atoms with Crippen molar-refractivity contribution in [3.05, 3.63) is 60.2 Å². The SMILES string of the molecule is CCOc1ccc(C(C)C)cc1S(=O)(=O)NCCOc1ccc(-c2ccc(OC)cc2)nn1. The van der Waals surface area contributed by atoms with Crippen LogP contribution in [-0.4, -0.2) is 45.5 Å². The largest absolute Gasteiger partial charge is 0.497 e. The molecule has 3 aromatic rings. The van der Waals surface area contributed by atoms with Crippen molar-refractivity contribution in [2.75, 3.05) is 26.9 Å². The van der Waals surface area contributed by atoms with E-state index in [0.717, 1.165) is 16.9 Å². The van der Waals surface area contributed by atoms with Gasteiger partial charge in [-0.1, -0.05) is 19.9 Å². The average Bonchev–Trinajstić information content (AvgIpc) is 2.82. The summed E-state index contributed by atoms with van der Waals surface area (Å²) < 4.78 is 44.5. The Hall–Kier alpha value is -3.17. The maximum Gasteiger partial charge on any atom is 0.244 e. The zero-order valence-corrected chi connectivity index (χ0v) is 20.1. The lowest BCUT2D eigenvalue weighted by Crippen LogP contribution is -2.29. The third-order valence-electron chi connectivity index (χ3n) is 4.89. The first-order valence-corrected chi connectivity index (χ1v) is 12.2. The molecule has 0 amide bonds. The second kappa shape index (κ2) is 11.1. The number of rotatable bonds is 11. The van der Waals surface area contributed by atoms with E-state index in [0.29, 0.717) is 23.9 Å². The number of benzene rings is 2. The van der Waals surface area contributed by atoms with Gasteiger partial charge in [0, 0.05) is 18.2 Å². The smallest absolute Gasteiger partial charge is 0.244 e. The molecule has 9 heteroatoms. The van der Waals surface area contributed by atoms with Crippen molar-refractivity contribution in [3.8, 4) is 28.6 Å². The van der Waals surface area contributed by atoms with E-state index in [-0.39, 0.29) is 24.0 Å². The Morgan fingerprint density at radius 3 is 2.33 bits per heavy atom. The van der Waals surface area contributed by atoms with Gasteiger partial charge < -0.3 is 14.2 Å². The van der Waals surface area contributed by atoms with Crippen molar-refractivity contribution in [1.29, 1.82) is 0 Å². The molecule has 33 heavy (non-hydrogen) atoms. The molecule has 0 fully saturated rings. The first-order chi connectivity index (χ1) is 15.8. The fourth-order valence-corrected chi connectivity index (χ4v) is 4.28. The predicted octanol–water partition coefficient (Wildman–Crippen LogP) is 4.03. The zero-order chi connectivity index (χ0) is 23.8. The van der Waals surface area contributed by atoms with Crippen molar-refractivity contribution in [2.45, 2.75) is 31.6 Å². The number of hydrogen-bond acceptors (Lipinski definition) is 7. The molecule has 0 atom stereocenters. The van der Waals surface area contributed by atoms with E-state index >= 15 is 0 Å². The highest BCUT2D eigenvalue weighted by atomic mass is 32.2. The summed E-state index contributed by atoms with van der Waals surface area (Å²) >= 11 is 0. The molecule has 1 N–H and O–H groups in total. The molecule has 0 aliphatic heterocycles. The molecule has 0 aliphatic rings. The molecule has 0 spiro atoms. The van der Waals surface area contributed by atoms with E-state index in [1.165, 1.54) is 0 Å². The van der Waals surface area contributed by atoms with Gasteiger partial charge in [0.2, 0.25) is 15.9 Å². The van der Waals surface area contributed by atoms with Crippen molar-refractivity contribution in [1.82, 2.24) is 14.9 Å². The van der Waals surface area contributed by atoms with Gasteiger partial charge in [0.25, 0.3) is 0 Å². The molecule has 8 nitrogen and oxygen atoms in total. The molecule has 0 bridgehead atoms. The summed E-state index contributed by atoms with van der Waals surface area (Å²) in [6, 6.07) is 16.2. The normalized spacial score (nSPS) is 11.4. The van der Waals surface area contributed by atoms with Crippen LogP contribution in [0, 0.1) is 0 Å². The van der Waals surface area contributed by atoms with Gasteiger partial charge in [0.15, 0.2) is 0 Å². The van der Waals surface area contributed by atoms with Crippen LogP contribution in [0.1, 0.15) is 32.3 Å². The Morgan fingerprint density at radius 1 is 0.970 bits per heavy atom. The van der Waals surface area contributed by atoms with Crippen LogP contribution in [0.25, 0.3) is 11.3 Å². The molecule has 176 valence electrons. The summed E-state index contributed by atoms with van der Waals surface area (Å²) in [5.74, 6) is 1.59. The van der Waals surface area contributed by atoms with Crippen LogP contribution in [0.3, 0.4) is 0 Å². The Morgan fingerprint density at radius 2 is 1.73 bits per heavy atom. The minimum Gasteiger partial charge on any atom is -0.497 e. The number of sulfonamides is 1. The molecular weight excluding hydrogens is 442 g/mol. The topological polar surface area (TPSA) is 99.6 Å². The molecule has 1 heterocycles. The fourth-order valence-electron chi connectivity index (χ4n) is 3.09. The summed E-state index contributed by atoms with van der Waals surface area (Å²) in [4.78, 5) is 0.124. The molecule has 0 unspecified atom stereocenters. The van der Waals surface area contributed by atoms with E-state index in [9.17, 15) is 8.42 Å². The number of aromatic nitrogens is 2. The van der Waals surface area contributed by atoms with E-state index < -0.39 is 10.0 Å². The van der Waals surface area contributed by atoms with E-state index in [1.54, 1.807) is 31.4 Å². The monoisotopic (exact) mass is 471 g/mol. The molecule has 0 saturated carbocycles. The van der Waals surface area contributed by atoms with Gasteiger partial charge >= 0.3 is 0 Å². The second-order valence-electron chi connectivity index (χ2n) is 7.53. The van der Waals surface area contributed by atoms with Gasteiger partial charge in [-0.3, -0.25) is 0 Å². The van der Waals surface area contributed by atoms with Crippen molar-refractivity contribution >= 4 is 10.0 Å². The van der Waals surface area contributed by atoms with E-state index in [1.807, 2.05) is 51.1 Å². The quantitative estimate of drug-likeness (QED) is 0.422. The lowest BCUT2D eigenvalue weighted by molar-refractivity contribution is 0.306. The van der Waals surface area contributed by atoms with Gasteiger partial charge in [-0.2, -0.15) is 0 Å². The molecule has 0 radical (unpaired) electrons. The molecule has 2 aromatic carbocycles. The Kier molecular flexibility index (Phi) is 8.24. The third-order valence-corrected chi connectivity index (χ3v) is 6.38. The summed E-state index contributed by atoms with van der Waals surface area (Å²) in [6.45, 7) is 6.38.